The molecule has 0 spiro atoms. The predicted octanol–water partition coefficient (Wildman–Crippen LogP) is 0.631. The van der Waals surface area contributed by atoms with Crippen molar-refractivity contribution in [3.05, 3.63) is 75.1 Å². The first-order valence-corrected chi connectivity index (χ1v) is 9.25. The number of amides is 1. The van der Waals surface area contributed by atoms with Crippen LogP contribution in [0.25, 0.3) is 11.3 Å². The van der Waals surface area contributed by atoms with Crippen LogP contribution in [0.1, 0.15) is 10.4 Å². The van der Waals surface area contributed by atoms with Gasteiger partial charge in [0.1, 0.15) is 17.6 Å². The molecule has 4 rings (SSSR count). The number of hydrogen-bond acceptors (Lipinski definition) is 6. The summed E-state index contributed by atoms with van der Waals surface area (Å²) < 4.78 is 15.8. The number of nitrogens with zero attached hydrogens (tertiary/aromatic N) is 5. The smallest absolute Gasteiger partial charge is 0.328 e. The lowest BCUT2D eigenvalue weighted by molar-refractivity contribution is 0.0701. The van der Waals surface area contributed by atoms with Gasteiger partial charge in [0.15, 0.2) is 11.6 Å². The average molecular weight is 410 g/mol. The minimum atomic E-state index is -0.666. The van der Waals surface area contributed by atoms with Crippen LogP contribution in [-0.2, 0) is 7.05 Å². The zero-order chi connectivity index (χ0) is 21.4. The van der Waals surface area contributed by atoms with Gasteiger partial charge in [-0.05, 0) is 0 Å². The van der Waals surface area contributed by atoms with E-state index in [0.717, 1.165) is 10.8 Å². The maximum absolute atomic E-state index is 15.0. The SMILES string of the molecule is CN(C(=O)c1c[nH]c(=O)n(C)c1=O)C1CN(c2ncnc(-c3ccccc3)c2F)C1. The number of aromatic amines is 1. The van der Waals surface area contributed by atoms with Gasteiger partial charge in [-0.3, -0.25) is 14.2 Å². The van der Waals surface area contributed by atoms with E-state index in [1.807, 2.05) is 6.07 Å². The summed E-state index contributed by atoms with van der Waals surface area (Å²) in [4.78, 5) is 50.0. The Morgan fingerprint density at radius 1 is 1.20 bits per heavy atom. The average Bonchev–Trinajstić information content (AvgIpc) is 2.72. The van der Waals surface area contributed by atoms with Crippen molar-refractivity contribution in [1.82, 2.24) is 24.4 Å². The van der Waals surface area contributed by atoms with Crippen molar-refractivity contribution in [1.29, 1.82) is 0 Å². The summed E-state index contributed by atoms with van der Waals surface area (Å²) in [7, 11) is 2.87. The Hall–Kier alpha value is -3.82. The number of aromatic nitrogens is 4. The van der Waals surface area contributed by atoms with Crippen molar-refractivity contribution in [3.63, 3.8) is 0 Å². The molecule has 1 aromatic carbocycles. The van der Waals surface area contributed by atoms with E-state index in [9.17, 15) is 18.8 Å². The van der Waals surface area contributed by atoms with Crippen LogP contribution in [0.15, 0.2) is 52.4 Å². The molecular weight excluding hydrogens is 391 g/mol. The Labute approximate surface area is 170 Å². The standard InChI is InChI=1S/C20H19FN6O3/c1-25(18(28)14-8-22-20(30)26(2)19(14)29)13-9-27(10-13)17-15(21)16(23-11-24-17)12-6-4-3-5-7-12/h3-8,11,13H,9-10H2,1-2H3,(H,22,30). The van der Waals surface area contributed by atoms with Gasteiger partial charge in [0.25, 0.3) is 11.5 Å². The van der Waals surface area contributed by atoms with Gasteiger partial charge >= 0.3 is 5.69 Å². The number of rotatable bonds is 4. The lowest BCUT2D eigenvalue weighted by Gasteiger charge is -2.44. The van der Waals surface area contributed by atoms with Crippen LogP contribution < -0.4 is 16.1 Å². The van der Waals surface area contributed by atoms with E-state index >= 15 is 0 Å². The fraction of sp³-hybridized carbons (Fsp3) is 0.250. The molecule has 0 radical (unpaired) electrons. The third-order valence-electron chi connectivity index (χ3n) is 5.26. The zero-order valence-corrected chi connectivity index (χ0v) is 16.4. The van der Waals surface area contributed by atoms with Crippen molar-refractivity contribution in [2.45, 2.75) is 6.04 Å². The lowest BCUT2D eigenvalue weighted by atomic mass is 10.1. The molecule has 0 atom stereocenters. The maximum atomic E-state index is 15.0. The predicted molar refractivity (Wildman–Crippen MR) is 108 cm³/mol. The number of halogens is 1. The summed E-state index contributed by atoms with van der Waals surface area (Å²) in [6.07, 6.45) is 2.43. The molecule has 0 unspecified atom stereocenters. The molecule has 0 bridgehead atoms. The van der Waals surface area contributed by atoms with Crippen LogP contribution in [0.5, 0.6) is 0 Å². The van der Waals surface area contributed by atoms with Gasteiger partial charge < -0.3 is 14.8 Å². The monoisotopic (exact) mass is 410 g/mol. The second kappa shape index (κ2) is 7.54. The number of anilines is 1. The number of H-pyrrole nitrogens is 1. The molecule has 1 amide bonds. The normalized spacial score (nSPS) is 13.8. The Kier molecular flexibility index (Phi) is 4.90. The van der Waals surface area contributed by atoms with E-state index in [1.165, 1.54) is 18.3 Å². The lowest BCUT2D eigenvalue weighted by Crippen LogP contribution is -2.60. The van der Waals surface area contributed by atoms with Crippen molar-refractivity contribution in [2.75, 3.05) is 25.0 Å². The molecule has 1 saturated heterocycles. The van der Waals surface area contributed by atoms with E-state index in [-0.39, 0.29) is 23.1 Å². The summed E-state index contributed by atoms with van der Waals surface area (Å²) >= 11 is 0. The fourth-order valence-corrected chi connectivity index (χ4v) is 3.33. The molecular formula is C20H19FN6O3. The molecule has 154 valence electrons. The molecule has 1 aliphatic heterocycles. The fourth-order valence-electron chi connectivity index (χ4n) is 3.33. The number of hydrogen-bond donors (Lipinski definition) is 1. The minimum Gasteiger partial charge on any atom is -0.350 e. The van der Waals surface area contributed by atoms with E-state index in [1.54, 1.807) is 36.2 Å². The first-order chi connectivity index (χ1) is 14.4. The van der Waals surface area contributed by atoms with Crippen LogP contribution in [0.2, 0.25) is 0 Å². The minimum absolute atomic E-state index is 0.127. The van der Waals surface area contributed by atoms with E-state index in [4.69, 9.17) is 0 Å². The summed E-state index contributed by atoms with van der Waals surface area (Å²) in [6.45, 7) is 0.710. The quantitative estimate of drug-likeness (QED) is 0.677. The molecule has 1 fully saturated rings. The number of carbonyl (C=O) groups excluding carboxylic acids is 1. The third-order valence-corrected chi connectivity index (χ3v) is 5.26. The zero-order valence-electron chi connectivity index (χ0n) is 16.4. The summed E-state index contributed by atoms with van der Waals surface area (Å²) in [5.41, 5.74) is -0.525. The van der Waals surface area contributed by atoms with Gasteiger partial charge in [0, 0.05) is 38.9 Å². The Morgan fingerprint density at radius 2 is 1.90 bits per heavy atom. The second-order valence-electron chi connectivity index (χ2n) is 7.07. The number of carbonyl (C=O) groups is 1. The molecule has 0 aliphatic carbocycles. The summed E-state index contributed by atoms with van der Waals surface area (Å²) in [5.74, 6) is -0.865. The molecule has 3 heterocycles. The third kappa shape index (κ3) is 3.25. The van der Waals surface area contributed by atoms with Gasteiger partial charge in [-0.15, -0.1) is 0 Å². The van der Waals surface area contributed by atoms with Crippen molar-refractivity contribution < 1.29 is 9.18 Å². The van der Waals surface area contributed by atoms with Crippen molar-refractivity contribution >= 4 is 11.7 Å². The van der Waals surface area contributed by atoms with Crippen molar-refractivity contribution in [3.8, 4) is 11.3 Å². The van der Waals surface area contributed by atoms with Crippen LogP contribution in [0.3, 0.4) is 0 Å². The van der Waals surface area contributed by atoms with E-state index in [0.29, 0.717) is 18.7 Å². The van der Waals surface area contributed by atoms with Crippen LogP contribution >= 0.6 is 0 Å². The highest BCUT2D eigenvalue weighted by Gasteiger charge is 2.36. The largest absolute Gasteiger partial charge is 0.350 e. The molecule has 0 saturated carbocycles. The van der Waals surface area contributed by atoms with Crippen molar-refractivity contribution in [2.24, 2.45) is 7.05 Å². The topological polar surface area (TPSA) is 104 Å². The molecule has 9 nitrogen and oxygen atoms in total. The number of nitrogens with one attached hydrogen (secondary N) is 1. The Bertz CT molecular complexity index is 1220. The molecule has 2 aromatic heterocycles. The highest BCUT2D eigenvalue weighted by atomic mass is 19.1. The van der Waals surface area contributed by atoms with Gasteiger partial charge in [-0.25, -0.2) is 19.2 Å². The van der Waals surface area contributed by atoms with Gasteiger partial charge in [-0.1, -0.05) is 30.3 Å². The highest BCUT2D eigenvalue weighted by molar-refractivity contribution is 5.93. The van der Waals surface area contributed by atoms with E-state index < -0.39 is 23.0 Å². The number of likely N-dealkylation sites (N-methyl/N-ethyl adjacent to an activating group) is 1. The number of benzene rings is 1. The maximum Gasteiger partial charge on any atom is 0.328 e. The molecule has 1 aliphatic rings. The van der Waals surface area contributed by atoms with Gasteiger partial charge in [0.05, 0.1) is 6.04 Å². The highest BCUT2D eigenvalue weighted by Crippen LogP contribution is 2.29. The Balaban J connectivity index is 1.50. The molecule has 1 N–H and O–H groups in total. The Morgan fingerprint density at radius 3 is 2.60 bits per heavy atom. The summed E-state index contributed by atoms with van der Waals surface area (Å²) in [5, 5.41) is 0. The first kappa shape index (κ1) is 19.5. The van der Waals surface area contributed by atoms with Gasteiger partial charge in [-0.2, -0.15) is 0 Å². The molecule has 30 heavy (non-hydrogen) atoms. The molecule has 3 aromatic rings. The molecule has 10 heteroatoms. The van der Waals surface area contributed by atoms with E-state index in [2.05, 4.69) is 15.0 Å². The van der Waals surface area contributed by atoms with Crippen LogP contribution in [0.4, 0.5) is 10.2 Å². The summed E-state index contributed by atoms with van der Waals surface area (Å²) in [6, 6.07) is 8.75. The second-order valence-corrected chi connectivity index (χ2v) is 7.07. The van der Waals surface area contributed by atoms with Crippen LogP contribution in [0, 0.1) is 5.82 Å². The van der Waals surface area contributed by atoms with Crippen LogP contribution in [-0.4, -0.2) is 56.5 Å². The van der Waals surface area contributed by atoms with Gasteiger partial charge in [0.2, 0.25) is 0 Å². The first-order valence-electron chi connectivity index (χ1n) is 9.25.